The van der Waals surface area contributed by atoms with Crippen molar-refractivity contribution < 1.29 is 4.42 Å². The minimum Gasteiger partial charge on any atom is -0.440 e. The fourth-order valence-corrected chi connectivity index (χ4v) is 1.65. The molecular weight excluding hydrogens is 190 g/mol. The van der Waals surface area contributed by atoms with Gasteiger partial charge in [-0.25, -0.2) is 0 Å². The number of hydrogen-bond donors (Lipinski definition) is 0. The van der Waals surface area contributed by atoms with Crippen molar-refractivity contribution in [3.63, 3.8) is 0 Å². The first-order valence-electron chi connectivity index (χ1n) is 4.81. The summed E-state index contributed by atoms with van der Waals surface area (Å²) in [4.78, 5) is 13.8. The van der Waals surface area contributed by atoms with E-state index < -0.39 is 0 Å². The molecule has 3 nitrogen and oxygen atoms in total. The Morgan fingerprint density at radius 2 is 1.87 bits per heavy atom. The van der Waals surface area contributed by atoms with E-state index in [1.165, 1.54) is 0 Å². The SMILES string of the molecule is Cc1c(N(C)C)oc2ccccc2c1=O. The molecule has 0 aliphatic heterocycles. The van der Waals surface area contributed by atoms with Crippen LogP contribution in [0.5, 0.6) is 0 Å². The molecular formula is C12H13NO2. The summed E-state index contributed by atoms with van der Waals surface area (Å²) >= 11 is 0. The predicted molar refractivity (Wildman–Crippen MR) is 61.5 cm³/mol. The lowest BCUT2D eigenvalue weighted by Gasteiger charge is -2.13. The van der Waals surface area contributed by atoms with Gasteiger partial charge in [-0.15, -0.1) is 0 Å². The quantitative estimate of drug-likeness (QED) is 0.712. The van der Waals surface area contributed by atoms with Crippen LogP contribution < -0.4 is 10.3 Å². The average molecular weight is 203 g/mol. The first kappa shape index (κ1) is 9.77. The van der Waals surface area contributed by atoms with Crippen molar-refractivity contribution >= 4 is 16.9 Å². The molecule has 15 heavy (non-hydrogen) atoms. The van der Waals surface area contributed by atoms with Crippen molar-refractivity contribution in [2.24, 2.45) is 0 Å². The maximum absolute atomic E-state index is 12.0. The number of nitrogens with zero attached hydrogens (tertiary/aromatic N) is 1. The van der Waals surface area contributed by atoms with E-state index in [0.717, 1.165) is 0 Å². The Morgan fingerprint density at radius 3 is 2.53 bits per heavy atom. The Morgan fingerprint density at radius 1 is 1.20 bits per heavy atom. The van der Waals surface area contributed by atoms with Gasteiger partial charge in [-0.2, -0.15) is 0 Å². The Hall–Kier alpha value is -1.77. The van der Waals surface area contributed by atoms with E-state index in [2.05, 4.69) is 0 Å². The van der Waals surface area contributed by atoms with Gasteiger partial charge in [-0.05, 0) is 19.1 Å². The van der Waals surface area contributed by atoms with Gasteiger partial charge in [-0.1, -0.05) is 12.1 Å². The van der Waals surface area contributed by atoms with Gasteiger partial charge in [0.05, 0.1) is 10.9 Å². The lowest BCUT2D eigenvalue weighted by molar-refractivity contribution is 0.592. The number of anilines is 1. The summed E-state index contributed by atoms with van der Waals surface area (Å²) in [6.45, 7) is 1.79. The van der Waals surface area contributed by atoms with Gasteiger partial charge in [0.15, 0.2) is 5.43 Å². The fourth-order valence-electron chi connectivity index (χ4n) is 1.65. The summed E-state index contributed by atoms with van der Waals surface area (Å²) < 4.78 is 5.66. The topological polar surface area (TPSA) is 33.5 Å². The van der Waals surface area contributed by atoms with Gasteiger partial charge in [0.25, 0.3) is 0 Å². The average Bonchev–Trinajstić information content (AvgIpc) is 2.23. The smallest absolute Gasteiger partial charge is 0.202 e. The van der Waals surface area contributed by atoms with Crippen molar-refractivity contribution in [2.45, 2.75) is 6.92 Å². The highest BCUT2D eigenvalue weighted by atomic mass is 16.4. The van der Waals surface area contributed by atoms with Crippen LogP contribution in [0.4, 0.5) is 5.88 Å². The van der Waals surface area contributed by atoms with E-state index in [1.54, 1.807) is 13.0 Å². The standard InChI is InChI=1S/C12H13NO2/c1-8-11(14)9-6-4-5-7-10(9)15-12(8)13(2)3/h4-7H,1-3H3. The Labute approximate surface area is 87.9 Å². The molecule has 0 saturated carbocycles. The summed E-state index contributed by atoms with van der Waals surface area (Å²) in [5, 5.41) is 0.639. The molecule has 0 aliphatic carbocycles. The molecule has 0 aliphatic rings. The molecule has 0 atom stereocenters. The molecule has 2 aromatic rings. The second-order valence-corrected chi connectivity index (χ2v) is 3.75. The van der Waals surface area contributed by atoms with Crippen LogP contribution in [-0.2, 0) is 0 Å². The van der Waals surface area contributed by atoms with Crippen LogP contribution >= 0.6 is 0 Å². The molecule has 1 aromatic heterocycles. The van der Waals surface area contributed by atoms with Gasteiger partial charge >= 0.3 is 0 Å². The van der Waals surface area contributed by atoms with Crippen molar-refractivity contribution in [1.29, 1.82) is 0 Å². The third kappa shape index (κ3) is 1.50. The van der Waals surface area contributed by atoms with E-state index in [1.807, 2.05) is 37.2 Å². The number of hydrogen-bond acceptors (Lipinski definition) is 3. The van der Waals surface area contributed by atoms with Gasteiger partial charge in [0, 0.05) is 14.1 Å². The van der Waals surface area contributed by atoms with Gasteiger partial charge in [0.2, 0.25) is 5.88 Å². The number of benzene rings is 1. The largest absolute Gasteiger partial charge is 0.440 e. The van der Waals surface area contributed by atoms with Crippen molar-refractivity contribution in [2.75, 3.05) is 19.0 Å². The summed E-state index contributed by atoms with van der Waals surface area (Å²) in [6, 6.07) is 7.30. The van der Waals surface area contributed by atoms with Crippen LogP contribution in [0.2, 0.25) is 0 Å². The zero-order valence-corrected chi connectivity index (χ0v) is 9.07. The second kappa shape index (κ2) is 3.42. The molecule has 0 N–H and O–H groups in total. The van der Waals surface area contributed by atoms with Crippen molar-refractivity contribution in [1.82, 2.24) is 0 Å². The highest BCUT2D eigenvalue weighted by Gasteiger charge is 2.11. The molecule has 0 bridgehead atoms. The van der Waals surface area contributed by atoms with Crippen molar-refractivity contribution in [3.8, 4) is 0 Å². The highest BCUT2D eigenvalue weighted by molar-refractivity contribution is 5.78. The summed E-state index contributed by atoms with van der Waals surface area (Å²) in [5.41, 5.74) is 1.33. The van der Waals surface area contributed by atoms with E-state index in [4.69, 9.17) is 4.42 Å². The summed E-state index contributed by atoms with van der Waals surface area (Å²) in [7, 11) is 3.72. The molecule has 0 saturated heterocycles. The van der Waals surface area contributed by atoms with Crippen LogP contribution in [0, 0.1) is 6.92 Å². The Bertz CT molecular complexity index is 555. The Kier molecular flexibility index (Phi) is 2.23. The van der Waals surface area contributed by atoms with Crippen LogP contribution in [0.1, 0.15) is 5.56 Å². The zero-order valence-electron chi connectivity index (χ0n) is 9.07. The highest BCUT2D eigenvalue weighted by Crippen LogP contribution is 2.20. The molecule has 1 heterocycles. The van der Waals surface area contributed by atoms with Crippen LogP contribution in [0.3, 0.4) is 0 Å². The van der Waals surface area contributed by atoms with Gasteiger partial charge < -0.3 is 9.32 Å². The third-order valence-corrected chi connectivity index (χ3v) is 2.41. The number of fused-ring (bicyclic) bond motifs is 1. The molecule has 3 heteroatoms. The molecule has 0 radical (unpaired) electrons. The number of para-hydroxylation sites is 1. The first-order chi connectivity index (χ1) is 7.11. The lowest BCUT2D eigenvalue weighted by atomic mass is 10.2. The van der Waals surface area contributed by atoms with E-state index >= 15 is 0 Å². The van der Waals surface area contributed by atoms with Crippen molar-refractivity contribution in [3.05, 3.63) is 40.1 Å². The minimum atomic E-state index is 0.0422. The molecule has 1 aromatic carbocycles. The van der Waals surface area contributed by atoms with Gasteiger partial charge in [-0.3, -0.25) is 4.79 Å². The van der Waals surface area contributed by atoms with Crippen LogP contribution in [0.25, 0.3) is 11.0 Å². The normalized spacial score (nSPS) is 10.6. The summed E-state index contributed by atoms with van der Waals surface area (Å²) in [6.07, 6.45) is 0. The molecule has 78 valence electrons. The lowest BCUT2D eigenvalue weighted by Crippen LogP contribution is -2.16. The molecule has 0 spiro atoms. The first-order valence-corrected chi connectivity index (χ1v) is 4.81. The van der Waals surface area contributed by atoms with Gasteiger partial charge in [0.1, 0.15) is 5.58 Å². The monoisotopic (exact) mass is 203 g/mol. The van der Waals surface area contributed by atoms with Crippen LogP contribution in [-0.4, -0.2) is 14.1 Å². The zero-order chi connectivity index (χ0) is 11.0. The predicted octanol–water partition coefficient (Wildman–Crippen LogP) is 2.17. The molecule has 0 unspecified atom stereocenters. The van der Waals surface area contributed by atoms with E-state index in [9.17, 15) is 4.79 Å². The minimum absolute atomic E-state index is 0.0422. The Balaban J connectivity index is 2.89. The molecule has 2 rings (SSSR count). The van der Waals surface area contributed by atoms with E-state index in [0.29, 0.717) is 22.4 Å². The molecule has 0 fully saturated rings. The van der Waals surface area contributed by atoms with E-state index in [-0.39, 0.29) is 5.43 Å². The number of rotatable bonds is 1. The maximum atomic E-state index is 12.0. The second-order valence-electron chi connectivity index (χ2n) is 3.75. The summed E-state index contributed by atoms with van der Waals surface area (Å²) in [5.74, 6) is 0.624. The molecule has 0 amide bonds. The van der Waals surface area contributed by atoms with Crippen LogP contribution in [0.15, 0.2) is 33.5 Å². The third-order valence-electron chi connectivity index (χ3n) is 2.41. The maximum Gasteiger partial charge on any atom is 0.202 e. The fraction of sp³-hybridized carbons (Fsp3) is 0.250.